The molecule has 0 unspecified atom stereocenters. The Bertz CT molecular complexity index is 1380. The Morgan fingerprint density at radius 1 is 0.816 bits per heavy atom. The zero-order valence-electron chi connectivity index (χ0n) is 21.7. The lowest BCUT2D eigenvalue weighted by Gasteiger charge is -2.37. The summed E-state index contributed by atoms with van der Waals surface area (Å²) in [5.74, 6) is 0.761. The van der Waals surface area contributed by atoms with E-state index >= 15 is 0 Å². The second kappa shape index (κ2) is 11.6. The van der Waals surface area contributed by atoms with Gasteiger partial charge >= 0.3 is 0 Å². The molecular weight excluding hydrogens is 506 g/mol. The molecule has 0 aliphatic carbocycles. The van der Waals surface area contributed by atoms with Gasteiger partial charge in [0.15, 0.2) is 9.84 Å². The number of anilines is 2. The lowest BCUT2D eigenvalue weighted by atomic mass is 10.1. The first kappa shape index (κ1) is 27.0. The first-order valence-electron chi connectivity index (χ1n) is 12.1. The van der Waals surface area contributed by atoms with Gasteiger partial charge in [0.2, 0.25) is 5.91 Å². The molecule has 10 heteroatoms. The molecule has 200 valence electrons. The van der Waals surface area contributed by atoms with Crippen LogP contribution >= 0.6 is 0 Å². The highest BCUT2D eigenvalue weighted by molar-refractivity contribution is 7.90. The minimum absolute atomic E-state index is 0.142. The van der Waals surface area contributed by atoms with Gasteiger partial charge in [-0.15, -0.1) is 0 Å². The van der Waals surface area contributed by atoms with Crippen molar-refractivity contribution in [2.45, 2.75) is 4.90 Å². The van der Waals surface area contributed by atoms with Crippen molar-refractivity contribution in [2.75, 3.05) is 63.0 Å². The second-order valence-corrected chi connectivity index (χ2v) is 10.9. The maximum absolute atomic E-state index is 13.5. The molecule has 0 N–H and O–H groups in total. The third-order valence-electron chi connectivity index (χ3n) is 6.50. The fourth-order valence-electron chi connectivity index (χ4n) is 4.40. The molecule has 2 amide bonds. The van der Waals surface area contributed by atoms with E-state index in [-0.39, 0.29) is 23.3 Å². The minimum Gasteiger partial charge on any atom is -0.497 e. The van der Waals surface area contributed by atoms with Crippen molar-refractivity contribution in [2.24, 2.45) is 0 Å². The molecule has 1 heterocycles. The van der Waals surface area contributed by atoms with E-state index in [1.54, 1.807) is 91.9 Å². The number of para-hydroxylation sites is 1. The highest BCUT2D eigenvalue weighted by atomic mass is 32.2. The fourth-order valence-corrected chi connectivity index (χ4v) is 5.30. The Labute approximate surface area is 223 Å². The summed E-state index contributed by atoms with van der Waals surface area (Å²) in [4.78, 5) is 32.3. The Morgan fingerprint density at radius 3 is 1.92 bits per heavy atom. The quantitative estimate of drug-likeness (QED) is 0.436. The standard InChI is InChI=1S/C28H31N3O6S/c1-36-23-12-8-21(9-13-23)28(33)31(22-10-14-24(37-2)15-11-22)20-27(32)30-18-16-29(17-19-30)25-6-4-5-7-26(25)38(3,34)35/h4-15H,16-20H2,1-3H3. The van der Waals surface area contributed by atoms with Gasteiger partial charge in [0, 0.05) is 43.7 Å². The second-order valence-electron chi connectivity index (χ2n) is 8.93. The molecule has 0 radical (unpaired) electrons. The van der Waals surface area contributed by atoms with Crippen LogP contribution in [0.25, 0.3) is 0 Å². The molecule has 0 bridgehead atoms. The number of piperazine rings is 1. The molecule has 4 rings (SSSR count). The normalized spacial score (nSPS) is 13.7. The SMILES string of the molecule is COc1ccc(C(=O)N(CC(=O)N2CCN(c3ccccc3S(C)(=O)=O)CC2)c2ccc(OC)cc2)cc1. The Balaban J connectivity index is 1.50. The van der Waals surface area contributed by atoms with Crippen molar-refractivity contribution in [3.63, 3.8) is 0 Å². The molecule has 1 aliphatic rings. The third kappa shape index (κ3) is 6.08. The zero-order chi connectivity index (χ0) is 27.3. The number of nitrogens with zero attached hydrogens (tertiary/aromatic N) is 3. The average Bonchev–Trinajstić information content (AvgIpc) is 2.95. The molecule has 9 nitrogen and oxygen atoms in total. The summed E-state index contributed by atoms with van der Waals surface area (Å²) in [6.07, 6.45) is 1.19. The minimum atomic E-state index is -3.39. The van der Waals surface area contributed by atoms with Crippen LogP contribution in [-0.2, 0) is 14.6 Å². The smallest absolute Gasteiger partial charge is 0.258 e. The van der Waals surface area contributed by atoms with Crippen LogP contribution < -0.4 is 19.3 Å². The first-order valence-corrected chi connectivity index (χ1v) is 14.0. The summed E-state index contributed by atoms with van der Waals surface area (Å²) in [7, 11) is -0.271. The number of carbonyl (C=O) groups is 2. The first-order chi connectivity index (χ1) is 18.2. The van der Waals surface area contributed by atoms with Crippen LogP contribution in [0.15, 0.2) is 77.7 Å². The number of rotatable bonds is 8. The lowest BCUT2D eigenvalue weighted by Crippen LogP contribution is -2.52. The summed E-state index contributed by atoms with van der Waals surface area (Å²) in [6, 6.07) is 20.6. The van der Waals surface area contributed by atoms with Crippen molar-refractivity contribution in [1.29, 1.82) is 0 Å². The molecule has 1 aliphatic heterocycles. The van der Waals surface area contributed by atoms with E-state index in [4.69, 9.17) is 9.47 Å². The van der Waals surface area contributed by atoms with Crippen molar-refractivity contribution in [1.82, 2.24) is 4.90 Å². The van der Waals surface area contributed by atoms with Crippen molar-refractivity contribution >= 4 is 33.0 Å². The van der Waals surface area contributed by atoms with E-state index < -0.39 is 9.84 Å². The number of hydrogen-bond acceptors (Lipinski definition) is 7. The van der Waals surface area contributed by atoms with Gasteiger partial charge < -0.3 is 19.3 Å². The molecule has 38 heavy (non-hydrogen) atoms. The molecule has 3 aromatic carbocycles. The highest BCUT2D eigenvalue weighted by Gasteiger charge is 2.28. The molecule has 3 aromatic rings. The Hall–Kier alpha value is -4.05. The molecule has 0 saturated carbocycles. The maximum atomic E-state index is 13.5. The maximum Gasteiger partial charge on any atom is 0.258 e. The number of sulfone groups is 1. The summed E-state index contributed by atoms with van der Waals surface area (Å²) >= 11 is 0. The van der Waals surface area contributed by atoms with E-state index in [2.05, 4.69) is 0 Å². The van der Waals surface area contributed by atoms with E-state index in [0.29, 0.717) is 54.6 Å². The molecule has 0 spiro atoms. The third-order valence-corrected chi connectivity index (χ3v) is 7.64. The topological polar surface area (TPSA) is 96.5 Å². The van der Waals surface area contributed by atoms with Crippen molar-refractivity contribution in [3.05, 3.63) is 78.4 Å². The van der Waals surface area contributed by atoms with Gasteiger partial charge in [0.25, 0.3) is 5.91 Å². The van der Waals surface area contributed by atoms with Crippen molar-refractivity contribution in [3.8, 4) is 11.5 Å². The Kier molecular flexibility index (Phi) is 8.21. The fraction of sp³-hybridized carbons (Fsp3) is 0.286. The van der Waals surface area contributed by atoms with Gasteiger partial charge in [0.1, 0.15) is 18.0 Å². The van der Waals surface area contributed by atoms with Crippen LogP contribution in [-0.4, -0.2) is 78.3 Å². The molecular formula is C28H31N3O6S. The summed E-state index contributed by atoms with van der Waals surface area (Å²) in [6.45, 7) is 1.63. The number of ether oxygens (including phenoxy) is 2. The number of hydrogen-bond donors (Lipinski definition) is 0. The van der Waals surface area contributed by atoms with Crippen molar-refractivity contribution < 1.29 is 27.5 Å². The van der Waals surface area contributed by atoms with Crippen LogP contribution in [0.2, 0.25) is 0 Å². The Morgan fingerprint density at radius 2 is 1.37 bits per heavy atom. The number of methoxy groups -OCH3 is 2. The van der Waals surface area contributed by atoms with Gasteiger partial charge in [-0.2, -0.15) is 0 Å². The molecule has 0 aromatic heterocycles. The van der Waals surface area contributed by atoms with E-state index in [1.807, 2.05) is 4.90 Å². The molecule has 1 fully saturated rings. The van der Waals surface area contributed by atoms with Gasteiger partial charge in [-0.25, -0.2) is 8.42 Å². The van der Waals surface area contributed by atoms with E-state index in [1.165, 1.54) is 11.2 Å². The summed E-state index contributed by atoms with van der Waals surface area (Å²) < 4.78 is 34.9. The van der Waals surface area contributed by atoms with Gasteiger partial charge in [-0.05, 0) is 60.7 Å². The van der Waals surface area contributed by atoms with Gasteiger partial charge in [0.05, 0.1) is 24.8 Å². The molecule has 0 atom stereocenters. The molecule has 1 saturated heterocycles. The summed E-state index contributed by atoms with van der Waals surface area (Å²) in [5.41, 5.74) is 1.63. The van der Waals surface area contributed by atoms with E-state index in [9.17, 15) is 18.0 Å². The predicted octanol–water partition coefficient (Wildman–Crippen LogP) is 3.10. The number of benzene rings is 3. The van der Waals surface area contributed by atoms with Crippen LogP contribution in [0.4, 0.5) is 11.4 Å². The lowest BCUT2D eigenvalue weighted by molar-refractivity contribution is -0.129. The van der Waals surface area contributed by atoms with Gasteiger partial charge in [-0.1, -0.05) is 12.1 Å². The van der Waals surface area contributed by atoms with Crippen LogP contribution in [0.3, 0.4) is 0 Å². The monoisotopic (exact) mass is 537 g/mol. The largest absolute Gasteiger partial charge is 0.497 e. The van der Waals surface area contributed by atoms with Crippen LogP contribution in [0, 0.1) is 0 Å². The highest BCUT2D eigenvalue weighted by Crippen LogP contribution is 2.27. The average molecular weight is 538 g/mol. The number of carbonyl (C=O) groups excluding carboxylic acids is 2. The van der Waals surface area contributed by atoms with Crippen LogP contribution in [0.1, 0.15) is 10.4 Å². The summed E-state index contributed by atoms with van der Waals surface area (Å²) in [5, 5.41) is 0. The van der Waals surface area contributed by atoms with Gasteiger partial charge in [-0.3, -0.25) is 14.5 Å². The predicted molar refractivity (Wildman–Crippen MR) is 146 cm³/mol. The zero-order valence-corrected chi connectivity index (χ0v) is 22.5. The number of amides is 2. The van der Waals surface area contributed by atoms with E-state index in [0.717, 1.165) is 0 Å². The van der Waals surface area contributed by atoms with Crippen LogP contribution in [0.5, 0.6) is 11.5 Å².